The highest BCUT2D eigenvalue weighted by atomic mass is 16.5. The summed E-state index contributed by atoms with van der Waals surface area (Å²) >= 11 is 0. The number of unbranched alkanes of at least 4 members (excludes halogenated alkanes) is 1. The van der Waals surface area contributed by atoms with Gasteiger partial charge >= 0.3 is 5.69 Å². The number of ether oxygens (including phenoxy) is 1. The molecule has 0 aliphatic rings. The van der Waals surface area contributed by atoms with Crippen molar-refractivity contribution in [3.8, 4) is 22.5 Å². The maximum atomic E-state index is 14.0. The van der Waals surface area contributed by atoms with Crippen LogP contribution in [0.4, 0.5) is 0 Å². The molecule has 1 unspecified atom stereocenters. The molecule has 222 valence electrons. The lowest BCUT2D eigenvalue weighted by atomic mass is 9.97. The molecule has 9 nitrogen and oxygen atoms in total. The third-order valence-electron chi connectivity index (χ3n) is 7.67. The Kier molecular flexibility index (Phi) is 9.13. The number of H-pyrrole nitrogens is 1. The zero-order chi connectivity index (χ0) is 30.1. The van der Waals surface area contributed by atoms with Crippen LogP contribution in [0.3, 0.4) is 0 Å². The first-order valence-electron chi connectivity index (χ1n) is 15.0. The van der Waals surface area contributed by atoms with Crippen LogP contribution < -0.4 is 5.69 Å². The number of nitrogens with one attached hydrogen (secondary N) is 1. The molecule has 9 heteroatoms. The smallest absolute Gasteiger partial charge is 0.346 e. The molecule has 44 heavy (non-hydrogen) atoms. The molecule has 1 atom stereocenters. The van der Waals surface area contributed by atoms with Crippen molar-refractivity contribution in [2.75, 3.05) is 0 Å². The van der Waals surface area contributed by atoms with E-state index in [0.717, 1.165) is 52.0 Å². The Labute approximate surface area is 256 Å². The SMILES string of the molecule is CCCCc1nn(CC(OCc2ccccc2)c2ccccc2)c(=O)n1Cc1ccc(-c2ccccc2)c(-c2nnn[nH]2)c1. The van der Waals surface area contributed by atoms with E-state index in [9.17, 15) is 4.79 Å². The summed E-state index contributed by atoms with van der Waals surface area (Å²) in [6, 6.07) is 36.4. The minimum absolute atomic E-state index is 0.157. The molecule has 2 heterocycles. The highest BCUT2D eigenvalue weighted by Gasteiger charge is 2.20. The predicted octanol–water partition coefficient (Wildman–Crippen LogP) is 6.24. The number of rotatable bonds is 13. The van der Waals surface area contributed by atoms with Gasteiger partial charge < -0.3 is 4.74 Å². The maximum Gasteiger partial charge on any atom is 0.346 e. The number of aromatic nitrogens is 7. The van der Waals surface area contributed by atoms with Gasteiger partial charge in [0, 0.05) is 12.0 Å². The molecule has 0 radical (unpaired) electrons. The highest BCUT2D eigenvalue weighted by molar-refractivity contribution is 5.80. The van der Waals surface area contributed by atoms with Crippen LogP contribution in [0.5, 0.6) is 0 Å². The molecule has 0 spiro atoms. The van der Waals surface area contributed by atoms with Gasteiger partial charge in [-0.05, 0) is 50.7 Å². The zero-order valence-electron chi connectivity index (χ0n) is 24.7. The molecule has 0 bridgehead atoms. The molecular weight excluding hydrogens is 550 g/mol. The van der Waals surface area contributed by atoms with E-state index >= 15 is 0 Å². The minimum Gasteiger partial charge on any atom is -0.367 e. The number of benzene rings is 4. The Bertz CT molecular complexity index is 1820. The average Bonchev–Trinajstić information content (AvgIpc) is 3.72. The molecule has 1 N–H and O–H groups in total. The van der Waals surface area contributed by atoms with Gasteiger partial charge in [-0.25, -0.2) is 14.6 Å². The van der Waals surface area contributed by atoms with E-state index in [-0.39, 0.29) is 11.8 Å². The van der Waals surface area contributed by atoms with E-state index in [0.29, 0.717) is 31.9 Å². The van der Waals surface area contributed by atoms with E-state index in [1.54, 1.807) is 9.25 Å². The van der Waals surface area contributed by atoms with E-state index in [1.165, 1.54) is 0 Å². The molecule has 4 aromatic carbocycles. The summed E-state index contributed by atoms with van der Waals surface area (Å²) in [7, 11) is 0. The summed E-state index contributed by atoms with van der Waals surface area (Å²) in [5.74, 6) is 1.34. The number of hydrogen-bond acceptors (Lipinski definition) is 6. The van der Waals surface area contributed by atoms with Crippen LogP contribution in [-0.2, 0) is 30.9 Å². The normalized spacial score (nSPS) is 11.9. The second-order valence-electron chi connectivity index (χ2n) is 10.8. The summed E-state index contributed by atoms with van der Waals surface area (Å²) in [6.45, 7) is 3.26. The number of aromatic amines is 1. The Morgan fingerprint density at radius 3 is 2.27 bits per heavy atom. The second-order valence-corrected chi connectivity index (χ2v) is 10.8. The van der Waals surface area contributed by atoms with Crippen LogP contribution in [0, 0.1) is 0 Å². The topological polar surface area (TPSA) is 104 Å². The van der Waals surface area contributed by atoms with Gasteiger partial charge in [0.25, 0.3) is 0 Å². The molecule has 0 saturated carbocycles. The first-order valence-corrected chi connectivity index (χ1v) is 15.0. The fourth-order valence-electron chi connectivity index (χ4n) is 5.34. The van der Waals surface area contributed by atoms with Crippen molar-refractivity contribution in [1.29, 1.82) is 0 Å². The van der Waals surface area contributed by atoms with Gasteiger partial charge in [-0.2, -0.15) is 5.10 Å². The Balaban J connectivity index is 1.32. The number of aryl methyl sites for hydroxylation is 1. The first-order chi connectivity index (χ1) is 21.7. The van der Waals surface area contributed by atoms with Gasteiger partial charge in [0.05, 0.1) is 19.7 Å². The molecule has 0 amide bonds. The van der Waals surface area contributed by atoms with E-state index in [1.807, 2.05) is 84.9 Å². The van der Waals surface area contributed by atoms with Crippen LogP contribution in [0.15, 0.2) is 114 Å². The number of hydrogen-bond donors (Lipinski definition) is 1. The van der Waals surface area contributed by atoms with Gasteiger partial charge in [-0.1, -0.05) is 116 Å². The van der Waals surface area contributed by atoms with Crippen LogP contribution in [-0.4, -0.2) is 35.0 Å². The van der Waals surface area contributed by atoms with Crippen molar-refractivity contribution in [2.24, 2.45) is 0 Å². The van der Waals surface area contributed by atoms with E-state index < -0.39 is 0 Å². The quantitative estimate of drug-likeness (QED) is 0.172. The van der Waals surface area contributed by atoms with E-state index in [2.05, 4.69) is 51.8 Å². The third kappa shape index (κ3) is 6.74. The molecule has 6 aromatic rings. The van der Waals surface area contributed by atoms with E-state index in [4.69, 9.17) is 9.84 Å². The summed E-state index contributed by atoms with van der Waals surface area (Å²) in [5, 5.41) is 19.5. The monoisotopic (exact) mass is 585 g/mol. The Morgan fingerprint density at radius 1 is 0.841 bits per heavy atom. The van der Waals surface area contributed by atoms with Crippen molar-refractivity contribution >= 4 is 0 Å². The number of nitrogens with zero attached hydrogens (tertiary/aromatic N) is 6. The summed E-state index contributed by atoms with van der Waals surface area (Å²) in [6.07, 6.45) is 2.31. The minimum atomic E-state index is -0.341. The summed E-state index contributed by atoms with van der Waals surface area (Å²) in [5.41, 5.74) is 5.80. The van der Waals surface area contributed by atoms with Crippen molar-refractivity contribution in [2.45, 2.75) is 52.0 Å². The van der Waals surface area contributed by atoms with Gasteiger partial charge in [0.15, 0.2) is 5.82 Å². The molecular formula is C35H35N7O2. The molecule has 0 fully saturated rings. The molecule has 0 aliphatic carbocycles. The maximum absolute atomic E-state index is 14.0. The average molecular weight is 586 g/mol. The molecule has 0 aliphatic heterocycles. The van der Waals surface area contributed by atoms with Crippen molar-refractivity contribution in [3.05, 3.63) is 142 Å². The van der Waals surface area contributed by atoms with Gasteiger partial charge in [-0.3, -0.25) is 4.57 Å². The van der Waals surface area contributed by atoms with Crippen molar-refractivity contribution < 1.29 is 4.74 Å². The lowest BCUT2D eigenvalue weighted by Gasteiger charge is -2.18. The highest BCUT2D eigenvalue weighted by Crippen LogP contribution is 2.31. The Morgan fingerprint density at radius 2 is 1.57 bits per heavy atom. The lowest BCUT2D eigenvalue weighted by Crippen LogP contribution is -2.28. The number of tetrazole rings is 1. The molecule has 2 aromatic heterocycles. The zero-order valence-corrected chi connectivity index (χ0v) is 24.7. The van der Waals surface area contributed by atoms with Crippen molar-refractivity contribution in [1.82, 2.24) is 35.0 Å². The van der Waals surface area contributed by atoms with Crippen LogP contribution >= 0.6 is 0 Å². The van der Waals surface area contributed by atoms with Crippen LogP contribution in [0.2, 0.25) is 0 Å². The fourth-order valence-corrected chi connectivity index (χ4v) is 5.34. The second kappa shape index (κ2) is 13.9. The summed E-state index contributed by atoms with van der Waals surface area (Å²) in [4.78, 5) is 14.0. The van der Waals surface area contributed by atoms with Gasteiger partial charge in [-0.15, -0.1) is 5.10 Å². The summed E-state index contributed by atoms with van der Waals surface area (Å²) < 4.78 is 9.75. The first kappa shape index (κ1) is 28.9. The predicted molar refractivity (Wildman–Crippen MR) is 170 cm³/mol. The molecule has 6 rings (SSSR count). The van der Waals surface area contributed by atoms with Crippen LogP contribution in [0.25, 0.3) is 22.5 Å². The van der Waals surface area contributed by atoms with Crippen LogP contribution in [0.1, 0.15) is 48.4 Å². The van der Waals surface area contributed by atoms with Crippen molar-refractivity contribution in [3.63, 3.8) is 0 Å². The lowest BCUT2D eigenvalue weighted by molar-refractivity contribution is 0.0248. The molecule has 0 saturated heterocycles. The van der Waals surface area contributed by atoms with Gasteiger partial charge in [0.1, 0.15) is 11.9 Å². The Hall–Kier alpha value is -5.15. The third-order valence-corrected chi connectivity index (χ3v) is 7.67. The largest absolute Gasteiger partial charge is 0.367 e. The fraction of sp³-hybridized carbons (Fsp3) is 0.229. The van der Waals surface area contributed by atoms with Gasteiger partial charge in [0.2, 0.25) is 0 Å². The standard InChI is InChI=1S/C35H35N7O2/c1-2-3-19-33-38-42(24-32(29-17-11-6-12-18-29)44-25-26-13-7-4-8-14-26)35(43)41(33)23-27-20-21-30(28-15-9-5-10-16-28)31(22-27)34-36-39-40-37-34/h4-18,20-22,32H,2-3,19,23-25H2,1H3,(H,36,37,39,40).